The standard InChI is InChI=1S/C20H35N3O3.HI/c1-5-21-20(22-10-7-11-25-13-12-24-4)23-15-18-8-6-9-19(14-18)26-16-17(2)3;/h6,8-9,14,17H,5,7,10-13,15-16H2,1-4H3,(H2,21,22,23);1H. The highest BCUT2D eigenvalue weighted by atomic mass is 127. The number of nitrogens with zero attached hydrogens (tertiary/aromatic N) is 1. The Morgan fingerprint density at radius 1 is 1.15 bits per heavy atom. The fourth-order valence-electron chi connectivity index (χ4n) is 2.13. The monoisotopic (exact) mass is 493 g/mol. The Bertz CT molecular complexity index is 513. The Morgan fingerprint density at radius 3 is 2.67 bits per heavy atom. The largest absolute Gasteiger partial charge is 0.493 e. The average Bonchev–Trinajstić information content (AvgIpc) is 2.64. The summed E-state index contributed by atoms with van der Waals surface area (Å²) in [5, 5.41) is 6.60. The molecule has 0 spiro atoms. The van der Waals surface area contributed by atoms with E-state index in [1.807, 2.05) is 12.1 Å². The van der Waals surface area contributed by atoms with Crippen LogP contribution in [0.3, 0.4) is 0 Å². The molecule has 0 aromatic heterocycles. The van der Waals surface area contributed by atoms with Crippen molar-refractivity contribution in [3.63, 3.8) is 0 Å². The van der Waals surface area contributed by atoms with Gasteiger partial charge in [0.1, 0.15) is 5.75 Å². The third kappa shape index (κ3) is 13.7. The summed E-state index contributed by atoms with van der Waals surface area (Å²) >= 11 is 0. The lowest BCUT2D eigenvalue weighted by Gasteiger charge is -2.12. The van der Waals surface area contributed by atoms with Crippen molar-refractivity contribution in [1.29, 1.82) is 0 Å². The van der Waals surface area contributed by atoms with Gasteiger partial charge in [0, 0.05) is 26.8 Å². The Morgan fingerprint density at radius 2 is 1.96 bits per heavy atom. The smallest absolute Gasteiger partial charge is 0.191 e. The normalized spacial score (nSPS) is 11.2. The third-order valence-corrected chi connectivity index (χ3v) is 3.44. The Balaban J connectivity index is 0.00000676. The number of hydrogen-bond donors (Lipinski definition) is 2. The maximum atomic E-state index is 5.78. The molecule has 2 N–H and O–H groups in total. The van der Waals surface area contributed by atoms with Gasteiger partial charge in [-0.1, -0.05) is 26.0 Å². The van der Waals surface area contributed by atoms with Crippen molar-refractivity contribution in [2.75, 3.05) is 46.6 Å². The van der Waals surface area contributed by atoms with Crippen LogP contribution >= 0.6 is 24.0 Å². The molecule has 0 fully saturated rings. The molecule has 1 aromatic carbocycles. The molecule has 6 nitrogen and oxygen atoms in total. The maximum absolute atomic E-state index is 5.78. The zero-order chi connectivity index (χ0) is 19.0. The SMILES string of the molecule is CCNC(=NCc1cccc(OCC(C)C)c1)NCCCOCCOC.I. The Hall–Kier alpha value is -1.06. The average molecular weight is 493 g/mol. The van der Waals surface area contributed by atoms with Crippen LogP contribution in [-0.2, 0) is 16.0 Å². The van der Waals surface area contributed by atoms with Gasteiger partial charge in [-0.25, -0.2) is 4.99 Å². The molecule has 0 aliphatic carbocycles. The van der Waals surface area contributed by atoms with Crippen LogP contribution < -0.4 is 15.4 Å². The van der Waals surface area contributed by atoms with E-state index in [1.54, 1.807) is 7.11 Å². The van der Waals surface area contributed by atoms with E-state index in [2.05, 4.69) is 48.5 Å². The highest BCUT2D eigenvalue weighted by Gasteiger charge is 2.01. The van der Waals surface area contributed by atoms with E-state index in [0.717, 1.165) is 43.4 Å². The lowest BCUT2D eigenvalue weighted by molar-refractivity contribution is 0.0698. The molecule has 0 aliphatic rings. The van der Waals surface area contributed by atoms with Gasteiger partial charge in [-0.15, -0.1) is 24.0 Å². The topological polar surface area (TPSA) is 64.1 Å². The van der Waals surface area contributed by atoms with Crippen molar-refractivity contribution in [1.82, 2.24) is 10.6 Å². The molecule has 0 amide bonds. The fourth-order valence-corrected chi connectivity index (χ4v) is 2.13. The Kier molecular flexibility index (Phi) is 16.4. The minimum absolute atomic E-state index is 0. The van der Waals surface area contributed by atoms with Crippen LogP contribution in [-0.4, -0.2) is 52.6 Å². The summed E-state index contributed by atoms with van der Waals surface area (Å²) in [7, 11) is 1.68. The first-order valence-corrected chi connectivity index (χ1v) is 9.46. The van der Waals surface area contributed by atoms with E-state index in [-0.39, 0.29) is 24.0 Å². The maximum Gasteiger partial charge on any atom is 0.191 e. The second kappa shape index (κ2) is 17.1. The third-order valence-electron chi connectivity index (χ3n) is 3.44. The molecule has 0 atom stereocenters. The summed E-state index contributed by atoms with van der Waals surface area (Å²) in [4.78, 5) is 4.65. The van der Waals surface area contributed by atoms with Gasteiger partial charge < -0.3 is 24.8 Å². The molecule has 1 aromatic rings. The van der Waals surface area contributed by atoms with Crippen molar-refractivity contribution < 1.29 is 14.2 Å². The molecule has 1 rings (SSSR count). The van der Waals surface area contributed by atoms with E-state index in [1.165, 1.54) is 0 Å². The van der Waals surface area contributed by atoms with Gasteiger partial charge in [0.15, 0.2) is 5.96 Å². The molecule has 0 aliphatic heterocycles. The highest BCUT2D eigenvalue weighted by molar-refractivity contribution is 14.0. The quantitative estimate of drug-likeness (QED) is 0.191. The van der Waals surface area contributed by atoms with Crippen LogP contribution in [0.5, 0.6) is 5.75 Å². The first-order chi connectivity index (χ1) is 12.7. The summed E-state index contributed by atoms with van der Waals surface area (Å²) < 4.78 is 16.2. The van der Waals surface area contributed by atoms with Crippen molar-refractivity contribution in [2.24, 2.45) is 10.9 Å². The second-order valence-corrected chi connectivity index (χ2v) is 6.43. The summed E-state index contributed by atoms with van der Waals surface area (Å²) in [6, 6.07) is 8.12. The summed E-state index contributed by atoms with van der Waals surface area (Å²) in [5.74, 6) is 2.23. The summed E-state index contributed by atoms with van der Waals surface area (Å²) in [6.45, 7) is 11.3. The first-order valence-electron chi connectivity index (χ1n) is 9.46. The molecular weight excluding hydrogens is 457 g/mol. The van der Waals surface area contributed by atoms with Crippen LogP contribution in [0, 0.1) is 5.92 Å². The van der Waals surface area contributed by atoms with Gasteiger partial charge in [-0.2, -0.15) is 0 Å². The predicted octanol–water partition coefficient (Wildman–Crippen LogP) is 3.45. The first kappa shape index (κ1) is 25.9. The number of guanidine groups is 1. The van der Waals surface area contributed by atoms with Crippen LogP contribution in [0.1, 0.15) is 32.8 Å². The lowest BCUT2D eigenvalue weighted by Crippen LogP contribution is -2.38. The lowest BCUT2D eigenvalue weighted by atomic mass is 10.2. The molecule has 0 bridgehead atoms. The Labute approximate surface area is 181 Å². The molecule has 0 saturated carbocycles. The minimum atomic E-state index is 0. The zero-order valence-electron chi connectivity index (χ0n) is 17.1. The molecule has 7 heteroatoms. The van der Waals surface area contributed by atoms with E-state index in [4.69, 9.17) is 14.2 Å². The molecule has 0 heterocycles. The van der Waals surface area contributed by atoms with Gasteiger partial charge >= 0.3 is 0 Å². The van der Waals surface area contributed by atoms with Crippen LogP contribution in [0.2, 0.25) is 0 Å². The number of ether oxygens (including phenoxy) is 3. The van der Waals surface area contributed by atoms with Gasteiger partial charge in [0.05, 0.1) is 26.4 Å². The van der Waals surface area contributed by atoms with E-state index in [0.29, 0.717) is 32.3 Å². The van der Waals surface area contributed by atoms with Gasteiger partial charge in [-0.05, 0) is 37.0 Å². The van der Waals surface area contributed by atoms with Gasteiger partial charge in [0.2, 0.25) is 0 Å². The van der Waals surface area contributed by atoms with Crippen LogP contribution in [0.4, 0.5) is 0 Å². The number of aliphatic imine (C=N–C) groups is 1. The number of hydrogen-bond acceptors (Lipinski definition) is 4. The number of nitrogens with one attached hydrogen (secondary N) is 2. The van der Waals surface area contributed by atoms with E-state index < -0.39 is 0 Å². The second-order valence-electron chi connectivity index (χ2n) is 6.43. The van der Waals surface area contributed by atoms with Gasteiger partial charge in [0.25, 0.3) is 0 Å². The molecule has 0 unspecified atom stereocenters. The predicted molar refractivity (Wildman–Crippen MR) is 122 cm³/mol. The zero-order valence-corrected chi connectivity index (χ0v) is 19.5. The molecule has 156 valence electrons. The van der Waals surface area contributed by atoms with Crippen LogP contribution in [0.25, 0.3) is 0 Å². The molecule has 0 radical (unpaired) electrons. The number of rotatable bonds is 13. The number of halogens is 1. The van der Waals surface area contributed by atoms with E-state index in [9.17, 15) is 0 Å². The van der Waals surface area contributed by atoms with Crippen molar-refractivity contribution in [3.05, 3.63) is 29.8 Å². The van der Waals surface area contributed by atoms with Crippen molar-refractivity contribution in [2.45, 2.75) is 33.7 Å². The number of methoxy groups -OCH3 is 1. The van der Waals surface area contributed by atoms with Crippen LogP contribution in [0.15, 0.2) is 29.3 Å². The van der Waals surface area contributed by atoms with E-state index >= 15 is 0 Å². The summed E-state index contributed by atoms with van der Waals surface area (Å²) in [6.07, 6.45) is 0.923. The van der Waals surface area contributed by atoms with Gasteiger partial charge in [-0.3, -0.25) is 0 Å². The van der Waals surface area contributed by atoms with Crippen molar-refractivity contribution >= 4 is 29.9 Å². The van der Waals surface area contributed by atoms with Crippen molar-refractivity contribution in [3.8, 4) is 5.75 Å². The number of benzene rings is 1. The summed E-state index contributed by atoms with van der Waals surface area (Å²) in [5.41, 5.74) is 1.13. The fraction of sp³-hybridized carbons (Fsp3) is 0.650. The highest BCUT2D eigenvalue weighted by Crippen LogP contribution is 2.15. The molecule has 0 saturated heterocycles. The molecular formula is C20H36IN3O3. The minimum Gasteiger partial charge on any atom is -0.493 e. The molecule has 27 heavy (non-hydrogen) atoms.